The molecule has 0 atom stereocenters. The molecule has 2 N–H and O–H groups in total. The highest BCUT2D eigenvalue weighted by atomic mass is 19.1. The first kappa shape index (κ1) is 10.1. The smallest absolute Gasteiger partial charge is 0.358 e. The van der Waals surface area contributed by atoms with Crippen molar-refractivity contribution in [1.29, 1.82) is 0 Å². The second-order valence-electron chi connectivity index (χ2n) is 2.25. The first-order valence-electron chi connectivity index (χ1n) is 3.72. The normalized spacial score (nSPS) is 10.4. The van der Waals surface area contributed by atoms with Crippen LogP contribution in [-0.4, -0.2) is 24.0 Å². The Bertz CT molecular complexity index is 354. The lowest BCUT2D eigenvalue weighted by Crippen LogP contribution is -2.08. The van der Waals surface area contributed by atoms with Crippen LogP contribution in [0.2, 0.25) is 0 Å². The summed E-state index contributed by atoms with van der Waals surface area (Å²) in [5.41, 5.74) is 4.82. The zero-order valence-electron chi connectivity index (χ0n) is 7.18. The van der Waals surface area contributed by atoms with Crippen LogP contribution in [0.4, 0.5) is 4.39 Å². The van der Waals surface area contributed by atoms with E-state index >= 15 is 0 Å². The summed E-state index contributed by atoms with van der Waals surface area (Å²) >= 11 is 0. The van der Waals surface area contributed by atoms with Gasteiger partial charge in [0.15, 0.2) is 12.4 Å². The molecule has 1 aromatic rings. The number of ether oxygens (including phenoxy) is 1. The fourth-order valence-corrected chi connectivity index (χ4v) is 0.729. The summed E-state index contributed by atoms with van der Waals surface area (Å²) in [5, 5.41) is 0. The van der Waals surface area contributed by atoms with Crippen molar-refractivity contribution < 1.29 is 13.9 Å². The van der Waals surface area contributed by atoms with E-state index < -0.39 is 11.8 Å². The van der Waals surface area contributed by atoms with Crippen molar-refractivity contribution in [3.63, 3.8) is 0 Å². The van der Waals surface area contributed by atoms with E-state index in [1.54, 1.807) is 0 Å². The summed E-state index contributed by atoms with van der Waals surface area (Å²) in [6.07, 6.45) is 2.18. The van der Waals surface area contributed by atoms with Crippen molar-refractivity contribution in [2.75, 3.05) is 6.73 Å². The molecule has 0 spiro atoms. The SMILES string of the molecule is NC=NCOC(=O)c1cc(F)ccn1. The third kappa shape index (κ3) is 2.81. The highest BCUT2D eigenvalue weighted by Crippen LogP contribution is 2.01. The molecule has 0 saturated heterocycles. The maximum atomic E-state index is 12.6. The van der Waals surface area contributed by atoms with Crippen LogP contribution in [0.3, 0.4) is 0 Å². The van der Waals surface area contributed by atoms with Crippen LogP contribution in [0.15, 0.2) is 23.3 Å². The van der Waals surface area contributed by atoms with Crippen LogP contribution in [0, 0.1) is 5.82 Å². The molecule has 0 fully saturated rings. The molecule has 6 heteroatoms. The summed E-state index contributed by atoms with van der Waals surface area (Å²) in [4.78, 5) is 18.2. The molecule has 0 aliphatic rings. The van der Waals surface area contributed by atoms with Crippen molar-refractivity contribution in [3.05, 3.63) is 29.8 Å². The molecule has 0 amide bonds. The van der Waals surface area contributed by atoms with Gasteiger partial charge in [0.1, 0.15) is 5.82 Å². The lowest BCUT2D eigenvalue weighted by Gasteiger charge is -1.99. The predicted octanol–water partition coefficient (Wildman–Crippen LogP) is 0.322. The zero-order valence-corrected chi connectivity index (χ0v) is 7.18. The Hall–Kier alpha value is -1.98. The van der Waals surface area contributed by atoms with Gasteiger partial charge in [-0.3, -0.25) is 0 Å². The maximum absolute atomic E-state index is 12.6. The number of carbonyl (C=O) groups excluding carboxylic acids is 1. The molecule has 74 valence electrons. The third-order valence-corrected chi connectivity index (χ3v) is 1.31. The Balaban J connectivity index is 2.60. The number of hydrogen-bond donors (Lipinski definition) is 1. The topological polar surface area (TPSA) is 77.6 Å². The van der Waals surface area contributed by atoms with Crippen molar-refractivity contribution in [2.45, 2.75) is 0 Å². The lowest BCUT2D eigenvalue weighted by molar-refractivity contribution is 0.0510. The minimum absolute atomic E-state index is 0.0998. The van der Waals surface area contributed by atoms with Crippen LogP contribution >= 0.6 is 0 Å². The highest BCUT2D eigenvalue weighted by molar-refractivity contribution is 5.87. The van der Waals surface area contributed by atoms with Gasteiger partial charge >= 0.3 is 5.97 Å². The lowest BCUT2D eigenvalue weighted by atomic mass is 10.3. The van der Waals surface area contributed by atoms with Gasteiger partial charge in [-0.1, -0.05) is 0 Å². The fourth-order valence-electron chi connectivity index (χ4n) is 0.729. The second kappa shape index (κ2) is 4.90. The van der Waals surface area contributed by atoms with Crippen LogP contribution in [0.5, 0.6) is 0 Å². The number of hydrogen-bond acceptors (Lipinski definition) is 4. The van der Waals surface area contributed by atoms with Crippen molar-refractivity contribution >= 4 is 12.3 Å². The van der Waals surface area contributed by atoms with Gasteiger partial charge < -0.3 is 10.5 Å². The van der Waals surface area contributed by atoms with Gasteiger partial charge in [-0.25, -0.2) is 19.2 Å². The Morgan fingerprint density at radius 3 is 3.21 bits per heavy atom. The van der Waals surface area contributed by atoms with E-state index in [4.69, 9.17) is 5.73 Å². The minimum atomic E-state index is -0.741. The largest absolute Gasteiger partial charge is 0.438 e. The van der Waals surface area contributed by atoms with Crippen LogP contribution in [0.1, 0.15) is 10.5 Å². The molecule has 14 heavy (non-hydrogen) atoms. The van der Waals surface area contributed by atoms with Crippen molar-refractivity contribution in [2.24, 2.45) is 10.7 Å². The van der Waals surface area contributed by atoms with E-state index in [2.05, 4.69) is 14.7 Å². The van der Waals surface area contributed by atoms with Gasteiger partial charge in [-0.05, 0) is 6.07 Å². The van der Waals surface area contributed by atoms with E-state index in [1.165, 1.54) is 6.20 Å². The molecule has 0 bridgehead atoms. The monoisotopic (exact) mass is 197 g/mol. The van der Waals surface area contributed by atoms with E-state index in [9.17, 15) is 9.18 Å². The quantitative estimate of drug-likeness (QED) is 0.430. The molecular formula is C8H8FN3O2. The maximum Gasteiger partial charge on any atom is 0.358 e. The average Bonchev–Trinajstić information content (AvgIpc) is 2.18. The Kier molecular flexibility index (Phi) is 3.54. The fraction of sp³-hybridized carbons (Fsp3) is 0.125. The molecule has 0 unspecified atom stereocenters. The van der Waals surface area contributed by atoms with Gasteiger partial charge in [-0.15, -0.1) is 0 Å². The molecule has 1 aromatic heterocycles. The first-order valence-corrected chi connectivity index (χ1v) is 3.72. The summed E-state index contributed by atoms with van der Waals surface area (Å²) in [6, 6.07) is 2.11. The zero-order chi connectivity index (χ0) is 10.4. The molecule has 0 saturated carbocycles. The molecule has 0 aliphatic carbocycles. The summed E-state index contributed by atoms with van der Waals surface area (Å²) in [6.45, 7) is -0.201. The van der Waals surface area contributed by atoms with Gasteiger partial charge in [0, 0.05) is 12.3 Å². The minimum Gasteiger partial charge on any atom is -0.438 e. The summed E-state index contributed by atoms with van der Waals surface area (Å²) in [7, 11) is 0. The van der Waals surface area contributed by atoms with Crippen molar-refractivity contribution in [3.8, 4) is 0 Å². The molecule has 1 heterocycles. The Morgan fingerprint density at radius 1 is 1.79 bits per heavy atom. The highest BCUT2D eigenvalue weighted by Gasteiger charge is 2.08. The van der Waals surface area contributed by atoms with Crippen LogP contribution < -0.4 is 5.73 Å². The van der Waals surface area contributed by atoms with E-state index in [-0.39, 0.29) is 12.4 Å². The predicted molar refractivity (Wildman–Crippen MR) is 47.2 cm³/mol. The van der Waals surface area contributed by atoms with E-state index in [0.29, 0.717) is 0 Å². The molecule has 5 nitrogen and oxygen atoms in total. The molecule has 0 aliphatic heterocycles. The number of nitrogens with zero attached hydrogens (tertiary/aromatic N) is 2. The second-order valence-corrected chi connectivity index (χ2v) is 2.25. The Morgan fingerprint density at radius 2 is 2.57 bits per heavy atom. The van der Waals surface area contributed by atoms with E-state index in [1.807, 2.05) is 0 Å². The van der Waals surface area contributed by atoms with Gasteiger partial charge in [0.2, 0.25) is 0 Å². The number of carbonyl (C=O) groups is 1. The number of aliphatic imine (C=N–C) groups is 1. The summed E-state index contributed by atoms with van der Waals surface area (Å²) < 4.78 is 17.2. The molecular weight excluding hydrogens is 189 g/mol. The number of pyridine rings is 1. The van der Waals surface area contributed by atoms with E-state index in [0.717, 1.165) is 18.5 Å². The van der Waals surface area contributed by atoms with Gasteiger partial charge in [0.25, 0.3) is 0 Å². The molecule has 0 aromatic carbocycles. The van der Waals surface area contributed by atoms with Gasteiger partial charge in [0.05, 0.1) is 6.34 Å². The van der Waals surface area contributed by atoms with Gasteiger partial charge in [-0.2, -0.15) is 0 Å². The number of aromatic nitrogens is 1. The molecule has 0 radical (unpaired) electrons. The van der Waals surface area contributed by atoms with Crippen LogP contribution in [0.25, 0.3) is 0 Å². The molecule has 1 rings (SSSR count). The number of esters is 1. The third-order valence-electron chi connectivity index (χ3n) is 1.31. The van der Waals surface area contributed by atoms with Crippen LogP contribution in [-0.2, 0) is 4.74 Å². The average molecular weight is 197 g/mol. The van der Waals surface area contributed by atoms with Crippen molar-refractivity contribution in [1.82, 2.24) is 4.98 Å². The Labute approximate surface area is 79.4 Å². The first-order chi connectivity index (χ1) is 6.74. The number of rotatable bonds is 3. The number of nitrogens with two attached hydrogens (primary N) is 1. The standard InChI is InChI=1S/C8H8FN3O2/c9-6-1-2-12-7(3-6)8(13)14-5-11-4-10/h1-4H,5H2,(H2,10,11). The number of halogens is 1. The summed E-state index contributed by atoms with van der Waals surface area (Å²) in [5.74, 6) is -1.29.